The fourth-order valence-corrected chi connectivity index (χ4v) is 2.73. The Balaban J connectivity index is 2.30. The summed E-state index contributed by atoms with van der Waals surface area (Å²) in [6.07, 6.45) is 2.15. The molecule has 0 saturated carbocycles. The second-order valence-electron chi connectivity index (χ2n) is 6.24. The molecule has 0 bridgehead atoms. The molecule has 130 valence electrons. The molecular weight excluding hydrogens is 308 g/mol. The molecule has 0 aliphatic rings. The highest BCUT2D eigenvalue weighted by atomic mass is 16.5. The van der Waals surface area contributed by atoms with Crippen LogP contribution in [-0.2, 0) is 16.1 Å². The first-order valence-electron chi connectivity index (χ1n) is 8.04. The van der Waals surface area contributed by atoms with Gasteiger partial charge in [-0.2, -0.15) is 0 Å². The first-order chi connectivity index (χ1) is 11.4. The van der Waals surface area contributed by atoms with Crippen LogP contribution in [-0.4, -0.2) is 41.3 Å². The van der Waals surface area contributed by atoms with Gasteiger partial charge in [0.2, 0.25) is 0 Å². The van der Waals surface area contributed by atoms with E-state index in [4.69, 9.17) is 4.74 Å². The lowest BCUT2D eigenvalue weighted by molar-refractivity contribution is -0.139. The van der Waals surface area contributed by atoms with E-state index in [-0.39, 0.29) is 11.8 Å². The lowest BCUT2D eigenvalue weighted by Crippen LogP contribution is -2.41. The number of nitrogens with zero attached hydrogens (tertiary/aromatic N) is 1. The highest BCUT2D eigenvalue weighted by Gasteiger charge is 2.23. The van der Waals surface area contributed by atoms with E-state index in [1.54, 1.807) is 13.3 Å². The van der Waals surface area contributed by atoms with Crippen molar-refractivity contribution in [2.75, 3.05) is 13.7 Å². The van der Waals surface area contributed by atoms with E-state index in [2.05, 4.69) is 5.32 Å². The molecule has 1 aromatic carbocycles. The van der Waals surface area contributed by atoms with Gasteiger partial charge in [0, 0.05) is 30.8 Å². The van der Waals surface area contributed by atoms with Crippen LogP contribution in [0.3, 0.4) is 0 Å². The van der Waals surface area contributed by atoms with Crippen LogP contribution in [0.5, 0.6) is 0 Å². The zero-order chi connectivity index (χ0) is 17.7. The zero-order valence-electron chi connectivity index (χ0n) is 14.3. The molecule has 2 aromatic rings. The average Bonchev–Trinajstić information content (AvgIpc) is 2.90. The fraction of sp³-hybridized carbons (Fsp3) is 0.444. The van der Waals surface area contributed by atoms with Crippen molar-refractivity contribution in [1.29, 1.82) is 0 Å². The quantitative estimate of drug-likeness (QED) is 0.778. The Bertz CT molecular complexity index is 721. The van der Waals surface area contributed by atoms with E-state index in [1.165, 1.54) is 0 Å². The van der Waals surface area contributed by atoms with Crippen molar-refractivity contribution in [1.82, 2.24) is 9.88 Å². The maximum atomic E-state index is 12.6. The number of carbonyl (C=O) groups excluding carboxylic acids is 1. The number of hydrogen-bond acceptors (Lipinski definition) is 3. The van der Waals surface area contributed by atoms with Crippen molar-refractivity contribution >= 4 is 22.8 Å². The van der Waals surface area contributed by atoms with Gasteiger partial charge in [-0.15, -0.1) is 0 Å². The molecule has 0 radical (unpaired) electrons. The van der Waals surface area contributed by atoms with Crippen LogP contribution in [0, 0.1) is 5.92 Å². The minimum atomic E-state index is -1.01. The van der Waals surface area contributed by atoms with Crippen molar-refractivity contribution in [3.05, 3.63) is 36.0 Å². The molecule has 0 aliphatic heterocycles. The number of rotatable bonds is 8. The van der Waals surface area contributed by atoms with Crippen molar-refractivity contribution < 1.29 is 19.4 Å². The number of benzene rings is 1. The Morgan fingerprint density at radius 3 is 2.62 bits per heavy atom. The molecular formula is C18H24N2O4. The van der Waals surface area contributed by atoms with Gasteiger partial charge >= 0.3 is 5.97 Å². The van der Waals surface area contributed by atoms with Crippen LogP contribution >= 0.6 is 0 Å². The van der Waals surface area contributed by atoms with Crippen LogP contribution in [0.15, 0.2) is 30.5 Å². The number of fused-ring (bicyclic) bond motifs is 1. The summed E-state index contributed by atoms with van der Waals surface area (Å²) in [7, 11) is 1.63. The third-order valence-electron chi connectivity index (χ3n) is 3.88. The largest absolute Gasteiger partial charge is 0.480 e. The smallest absolute Gasteiger partial charge is 0.326 e. The lowest BCUT2D eigenvalue weighted by atomic mass is 10.0. The van der Waals surface area contributed by atoms with E-state index in [9.17, 15) is 14.7 Å². The molecule has 6 heteroatoms. The summed E-state index contributed by atoms with van der Waals surface area (Å²) >= 11 is 0. The van der Waals surface area contributed by atoms with Crippen LogP contribution in [0.2, 0.25) is 0 Å². The summed E-state index contributed by atoms with van der Waals surface area (Å²) < 4.78 is 7.06. The molecule has 1 aromatic heterocycles. The second kappa shape index (κ2) is 7.97. The first-order valence-corrected chi connectivity index (χ1v) is 8.04. The summed E-state index contributed by atoms with van der Waals surface area (Å²) in [5, 5.41) is 12.8. The fourth-order valence-electron chi connectivity index (χ4n) is 2.73. The molecule has 0 saturated heterocycles. The summed E-state index contributed by atoms with van der Waals surface area (Å²) in [5.74, 6) is -1.20. The average molecular weight is 332 g/mol. The van der Waals surface area contributed by atoms with Crippen LogP contribution in [0.1, 0.15) is 30.6 Å². The van der Waals surface area contributed by atoms with E-state index in [0.29, 0.717) is 25.1 Å². The molecule has 0 spiro atoms. The molecule has 1 heterocycles. The van der Waals surface area contributed by atoms with Gasteiger partial charge in [0.1, 0.15) is 6.04 Å². The Labute approximate surface area is 141 Å². The highest BCUT2D eigenvalue weighted by molar-refractivity contribution is 6.07. The molecule has 24 heavy (non-hydrogen) atoms. The Hall–Kier alpha value is -2.34. The normalized spacial score (nSPS) is 12.5. The number of aromatic nitrogens is 1. The number of amides is 1. The number of carboxylic acids is 1. The molecule has 1 atom stereocenters. The number of carbonyl (C=O) groups is 2. The van der Waals surface area contributed by atoms with E-state index in [0.717, 1.165) is 10.9 Å². The van der Waals surface area contributed by atoms with Crippen LogP contribution in [0.4, 0.5) is 0 Å². The monoisotopic (exact) mass is 332 g/mol. The van der Waals surface area contributed by atoms with Gasteiger partial charge in [0.05, 0.1) is 12.2 Å². The topological polar surface area (TPSA) is 80.6 Å². The SMILES string of the molecule is COCCn1cc(C(=O)N[C@@H](CC(C)C)C(=O)O)c2ccccc21. The van der Waals surface area contributed by atoms with Crippen molar-refractivity contribution in [2.45, 2.75) is 32.9 Å². The minimum Gasteiger partial charge on any atom is -0.480 e. The highest BCUT2D eigenvalue weighted by Crippen LogP contribution is 2.21. The number of methoxy groups -OCH3 is 1. The van der Waals surface area contributed by atoms with Gasteiger partial charge in [-0.25, -0.2) is 4.79 Å². The molecule has 2 N–H and O–H groups in total. The third kappa shape index (κ3) is 4.14. The first kappa shape index (κ1) is 18.0. The Kier molecular flexibility index (Phi) is 5.98. The summed E-state index contributed by atoms with van der Waals surface area (Å²) in [5.41, 5.74) is 1.41. The van der Waals surface area contributed by atoms with Crippen LogP contribution < -0.4 is 5.32 Å². The molecule has 6 nitrogen and oxygen atoms in total. The van der Waals surface area contributed by atoms with Gasteiger partial charge in [0.25, 0.3) is 5.91 Å². The number of ether oxygens (including phenoxy) is 1. The number of hydrogen-bond donors (Lipinski definition) is 2. The Morgan fingerprint density at radius 1 is 1.29 bits per heavy atom. The molecule has 2 rings (SSSR count). The molecule has 0 aliphatic carbocycles. The number of aliphatic carboxylic acids is 1. The minimum absolute atomic E-state index is 0.175. The third-order valence-corrected chi connectivity index (χ3v) is 3.88. The van der Waals surface area contributed by atoms with Gasteiger partial charge in [-0.05, 0) is 18.4 Å². The van der Waals surface area contributed by atoms with Gasteiger partial charge in [0.15, 0.2) is 0 Å². The molecule has 0 fully saturated rings. The van der Waals surface area contributed by atoms with Crippen LogP contribution in [0.25, 0.3) is 10.9 Å². The van der Waals surface area contributed by atoms with Crippen molar-refractivity contribution in [2.24, 2.45) is 5.92 Å². The Morgan fingerprint density at radius 2 is 2.00 bits per heavy atom. The maximum absolute atomic E-state index is 12.6. The van der Waals surface area contributed by atoms with Gasteiger partial charge in [-0.1, -0.05) is 32.0 Å². The standard InChI is InChI=1S/C18H24N2O4/c1-12(2)10-15(18(22)23)19-17(21)14-11-20(8-9-24-3)16-7-5-4-6-13(14)16/h4-7,11-12,15H,8-10H2,1-3H3,(H,19,21)(H,22,23)/t15-/m0/s1. The second-order valence-corrected chi connectivity index (χ2v) is 6.24. The molecule has 0 unspecified atom stereocenters. The van der Waals surface area contributed by atoms with Gasteiger partial charge < -0.3 is 19.7 Å². The summed E-state index contributed by atoms with van der Waals surface area (Å²) in [6, 6.07) is 6.68. The van der Waals surface area contributed by atoms with E-state index >= 15 is 0 Å². The number of carboxylic acid groups (broad SMARTS) is 1. The van der Waals surface area contributed by atoms with E-state index < -0.39 is 12.0 Å². The van der Waals surface area contributed by atoms with Crippen molar-refractivity contribution in [3.8, 4) is 0 Å². The predicted octanol–water partition coefficient (Wildman–Crippen LogP) is 2.52. The number of nitrogens with one attached hydrogen (secondary N) is 1. The lowest BCUT2D eigenvalue weighted by Gasteiger charge is -2.16. The number of para-hydroxylation sites is 1. The molecule has 1 amide bonds. The summed E-state index contributed by atoms with van der Waals surface area (Å²) in [6.45, 7) is 5.01. The summed E-state index contributed by atoms with van der Waals surface area (Å²) in [4.78, 5) is 24.0. The maximum Gasteiger partial charge on any atom is 0.326 e. The van der Waals surface area contributed by atoms with E-state index in [1.807, 2.05) is 42.7 Å². The van der Waals surface area contributed by atoms with Crippen molar-refractivity contribution in [3.63, 3.8) is 0 Å². The predicted molar refractivity (Wildman–Crippen MR) is 92.2 cm³/mol. The zero-order valence-corrected chi connectivity index (χ0v) is 14.3. The van der Waals surface area contributed by atoms with Gasteiger partial charge in [-0.3, -0.25) is 4.79 Å².